The topological polar surface area (TPSA) is 43.4 Å². The van der Waals surface area contributed by atoms with Gasteiger partial charge in [-0.2, -0.15) is 8.42 Å². The Kier molecular flexibility index (Phi) is 3.91. The van der Waals surface area contributed by atoms with E-state index in [4.69, 9.17) is 4.18 Å². The van der Waals surface area contributed by atoms with Gasteiger partial charge in [0.25, 0.3) is 0 Å². The van der Waals surface area contributed by atoms with Crippen LogP contribution >= 0.6 is 15.9 Å². The molecule has 0 saturated carbocycles. The van der Waals surface area contributed by atoms with Gasteiger partial charge in [0.15, 0.2) is 11.6 Å². The fourth-order valence-corrected chi connectivity index (χ4v) is 3.57. The lowest BCUT2D eigenvalue weighted by molar-refractivity contribution is 0.461. The Hall–Kier alpha value is -1.40. The van der Waals surface area contributed by atoms with Crippen molar-refractivity contribution in [2.24, 2.45) is 0 Å². The normalized spacial score (nSPS) is 11.3. The summed E-state index contributed by atoms with van der Waals surface area (Å²) in [5.74, 6) is -1.05. The number of para-hydroxylation sites is 1. The summed E-state index contributed by atoms with van der Waals surface area (Å²) in [4.78, 5) is -0.0404. The van der Waals surface area contributed by atoms with Crippen LogP contribution < -0.4 is 4.18 Å². The van der Waals surface area contributed by atoms with Crippen molar-refractivity contribution in [2.45, 2.75) is 11.8 Å². The molecule has 6 heteroatoms. The van der Waals surface area contributed by atoms with Gasteiger partial charge in [0.05, 0.1) is 0 Å². The van der Waals surface area contributed by atoms with Crippen molar-refractivity contribution >= 4 is 26.0 Å². The number of halogens is 2. The molecule has 0 radical (unpaired) electrons. The molecule has 19 heavy (non-hydrogen) atoms. The summed E-state index contributed by atoms with van der Waals surface area (Å²) in [5.41, 5.74) is 0.900. The van der Waals surface area contributed by atoms with Crippen LogP contribution in [0.25, 0.3) is 0 Å². The minimum atomic E-state index is -4.07. The maximum absolute atomic E-state index is 13.4. The van der Waals surface area contributed by atoms with E-state index in [-0.39, 0.29) is 10.6 Å². The van der Waals surface area contributed by atoms with Crippen LogP contribution in [0.3, 0.4) is 0 Å². The van der Waals surface area contributed by atoms with Gasteiger partial charge in [0, 0.05) is 4.47 Å². The first-order chi connectivity index (χ1) is 8.90. The quantitative estimate of drug-likeness (QED) is 0.798. The highest BCUT2D eigenvalue weighted by molar-refractivity contribution is 9.10. The van der Waals surface area contributed by atoms with Gasteiger partial charge < -0.3 is 4.18 Å². The first-order valence-electron chi connectivity index (χ1n) is 5.35. The Morgan fingerprint density at radius 1 is 1.16 bits per heavy atom. The first-order valence-corrected chi connectivity index (χ1v) is 7.55. The highest BCUT2D eigenvalue weighted by Crippen LogP contribution is 2.27. The van der Waals surface area contributed by atoms with Crippen molar-refractivity contribution in [3.05, 3.63) is 58.3 Å². The van der Waals surface area contributed by atoms with Crippen molar-refractivity contribution in [3.8, 4) is 5.75 Å². The van der Waals surface area contributed by atoms with Gasteiger partial charge in [-0.25, -0.2) is 4.39 Å². The Labute approximate surface area is 119 Å². The molecule has 0 fully saturated rings. The summed E-state index contributed by atoms with van der Waals surface area (Å²) in [6, 6.07) is 10.0. The summed E-state index contributed by atoms with van der Waals surface area (Å²) in [6.45, 7) is 1.83. The van der Waals surface area contributed by atoms with Crippen LogP contribution in [0, 0.1) is 12.7 Å². The minimum absolute atomic E-state index is 0.0404. The second kappa shape index (κ2) is 5.30. The number of aryl methyl sites for hydroxylation is 1. The average Bonchev–Trinajstić information content (AvgIpc) is 2.31. The number of hydrogen-bond donors (Lipinski definition) is 0. The summed E-state index contributed by atoms with van der Waals surface area (Å²) in [5, 5.41) is 0. The van der Waals surface area contributed by atoms with E-state index >= 15 is 0 Å². The van der Waals surface area contributed by atoms with Crippen molar-refractivity contribution in [1.82, 2.24) is 0 Å². The largest absolute Gasteiger partial charge is 0.376 e. The molecule has 0 spiro atoms. The standard InChI is InChI=1S/C13H10BrFO3S/c1-9-6-7-13(10(14)8-9)19(16,17)18-12-5-3-2-4-11(12)15/h2-8H,1H3. The Bertz CT molecular complexity index is 714. The molecule has 0 saturated heterocycles. The third-order valence-electron chi connectivity index (χ3n) is 2.39. The van der Waals surface area contributed by atoms with E-state index in [2.05, 4.69) is 15.9 Å². The SMILES string of the molecule is Cc1ccc(S(=O)(=O)Oc2ccccc2F)c(Br)c1. The minimum Gasteiger partial charge on any atom is -0.376 e. The molecule has 0 amide bonds. The van der Waals surface area contributed by atoms with E-state index < -0.39 is 15.9 Å². The molecule has 2 aromatic rings. The van der Waals surface area contributed by atoms with Crippen LogP contribution in [0.5, 0.6) is 5.75 Å². The van der Waals surface area contributed by atoms with Gasteiger partial charge in [-0.15, -0.1) is 0 Å². The lowest BCUT2D eigenvalue weighted by Crippen LogP contribution is -2.11. The fourth-order valence-electron chi connectivity index (χ4n) is 1.48. The molecule has 100 valence electrons. The van der Waals surface area contributed by atoms with Crippen LogP contribution in [0.4, 0.5) is 4.39 Å². The average molecular weight is 345 g/mol. The predicted octanol–water partition coefficient (Wildman–Crippen LogP) is 3.66. The van der Waals surface area contributed by atoms with Crippen LogP contribution in [0.15, 0.2) is 51.8 Å². The van der Waals surface area contributed by atoms with Crippen LogP contribution in [-0.2, 0) is 10.1 Å². The molecular weight excluding hydrogens is 335 g/mol. The Balaban J connectivity index is 2.41. The Morgan fingerprint density at radius 3 is 2.47 bits per heavy atom. The second-order valence-electron chi connectivity index (χ2n) is 3.90. The molecule has 0 bridgehead atoms. The molecule has 0 N–H and O–H groups in total. The number of benzene rings is 2. The third-order valence-corrected chi connectivity index (χ3v) is 4.61. The molecule has 0 unspecified atom stereocenters. The molecule has 0 aliphatic heterocycles. The lowest BCUT2D eigenvalue weighted by atomic mass is 10.2. The molecule has 3 nitrogen and oxygen atoms in total. The molecular formula is C13H10BrFO3S. The number of rotatable bonds is 3. The van der Waals surface area contributed by atoms with Crippen LogP contribution in [-0.4, -0.2) is 8.42 Å². The zero-order valence-electron chi connectivity index (χ0n) is 9.93. The van der Waals surface area contributed by atoms with Crippen molar-refractivity contribution in [1.29, 1.82) is 0 Å². The van der Waals surface area contributed by atoms with Crippen LogP contribution in [0.1, 0.15) is 5.56 Å². The lowest BCUT2D eigenvalue weighted by Gasteiger charge is -2.09. The molecule has 2 aromatic carbocycles. The summed E-state index contributed by atoms with van der Waals surface area (Å²) < 4.78 is 42.7. The van der Waals surface area contributed by atoms with E-state index in [0.717, 1.165) is 11.6 Å². The van der Waals surface area contributed by atoms with Crippen LogP contribution in [0.2, 0.25) is 0 Å². The summed E-state index contributed by atoms with van der Waals surface area (Å²) >= 11 is 3.16. The van der Waals surface area contributed by atoms with Gasteiger partial charge in [0.1, 0.15) is 4.90 Å². The predicted molar refractivity (Wildman–Crippen MR) is 73.1 cm³/mol. The van der Waals surface area contributed by atoms with E-state index in [1.165, 1.54) is 24.3 Å². The smallest absolute Gasteiger partial charge is 0.340 e. The van der Waals surface area contributed by atoms with E-state index in [0.29, 0.717) is 4.47 Å². The van der Waals surface area contributed by atoms with Gasteiger partial charge in [0.2, 0.25) is 0 Å². The fraction of sp³-hybridized carbons (Fsp3) is 0.0769. The highest BCUT2D eigenvalue weighted by atomic mass is 79.9. The molecule has 0 heterocycles. The van der Waals surface area contributed by atoms with Gasteiger partial charge in [-0.1, -0.05) is 18.2 Å². The van der Waals surface area contributed by atoms with Gasteiger partial charge >= 0.3 is 10.1 Å². The molecule has 0 aromatic heterocycles. The molecule has 2 rings (SSSR count). The van der Waals surface area contributed by atoms with Crippen molar-refractivity contribution in [3.63, 3.8) is 0 Å². The van der Waals surface area contributed by atoms with Gasteiger partial charge in [-0.3, -0.25) is 0 Å². The molecule has 0 aliphatic rings. The molecule has 0 aliphatic carbocycles. The second-order valence-corrected chi connectivity index (χ2v) is 6.27. The maximum atomic E-state index is 13.4. The third kappa shape index (κ3) is 3.13. The number of hydrogen-bond acceptors (Lipinski definition) is 3. The highest BCUT2D eigenvalue weighted by Gasteiger charge is 2.21. The summed E-state index contributed by atoms with van der Waals surface area (Å²) in [7, 11) is -4.07. The zero-order valence-corrected chi connectivity index (χ0v) is 12.3. The first kappa shape index (κ1) is 14.0. The molecule has 0 atom stereocenters. The van der Waals surface area contributed by atoms with Crippen molar-refractivity contribution in [2.75, 3.05) is 0 Å². The van der Waals surface area contributed by atoms with E-state index in [1.54, 1.807) is 12.1 Å². The monoisotopic (exact) mass is 344 g/mol. The van der Waals surface area contributed by atoms with Gasteiger partial charge in [-0.05, 0) is 52.7 Å². The van der Waals surface area contributed by atoms with E-state index in [9.17, 15) is 12.8 Å². The Morgan fingerprint density at radius 2 is 1.84 bits per heavy atom. The van der Waals surface area contributed by atoms with E-state index in [1.807, 2.05) is 6.92 Å². The maximum Gasteiger partial charge on any atom is 0.340 e. The van der Waals surface area contributed by atoms with Crippen molar-refractivity contribution < 1.29 is 17.0 Å². The zero-order chi connectivity index (χ0) is 14.0. The summed E-state index contributed by atoms with van der Waals surface area (Å²) in [6.07, 6.45) is 0.